The highest BCUT2D eigenvalue weighted by Gasteiger charge is 2.17. The molecule has 4 nitrogen and oxygen atoms in total. The number of amides is 2. The lowest BCUT2D eigenvalue weighted by molar-refractivity contribution is -0.127. The first-order valence-corrected chi connectivity index (χ1v) is 7.84. The van der Waals surface area contributed by atoms with Crippen LogP contribution in [0.2, 0.25) is 10.0 Å². The van der Waals surface area contributed by atoms with Crippen molar-refractivity contribution in [3.63, 3.8) is 0 Å². The zero-order chi connectivity index (χ0) is 15.2. The molecule has 2 amide bonds. The van der Waals surface area contributed by atoms with Crippen molar-refractivity contribution in [2.75, 3.05) is 5.32 Å². The van der Waals surface area contributed by atoms with Gasteiger partial charge in [0.05, 0.1) is 10.0 Å². The number of hydrogen-bond donors (Lipinski definition) is 2. The molecule has 1 aliphatic rings. The van der Waals surface area contributed by atoms with E-state index >= 15 is 0 Å². The van der Waals surface area contributed by atoms with E-state index < -0.39 is 0 Å². The van der Waals surface area contributed by atoms with Gasteiger partial charge < -0.3 is 10.6 Å². The van der Waals surface area contributed by atoms with Gasteiger partial charge in [-0.05, 0) is 31.0 Å². The van der Waals surface area contributed by atoms with Crippen molar-refractivity contribution in [1.82, 2.24) is 5.32 Å². The molecule has 0 bridgehead atoms. The summed E-state index contributed by atoms with van der Waals surface area (Å²) in [5.41, 5.74) is 0.528. The summed E-state index contributed by atoms with van der Waals surface area (Å²) >= 11 is 11.7. The first-order chi connectivity index (χ1) is 10.0. The van der Waals surface area contributed by atoms with Gasteiger partial charge in [-0.15, -0.1) is 0 Å². The van der Waals surface area contributed by atoms with Crippen LogP contribution >= 0.6 is 23.2 Å². The van der Waals surface area contributed by atoms with E-state index in [0.717, 1.165) is 25.7 Å². The Morgan fingerprint density at radius 1 is 1.05 bits per heavy atom. The molecule has 0 aromatic heterocycles. The molecule has 0 saturated heterocycles. The summed E-state index contributed by atoms with van der Waals surface area (Å²) in [5, 5.41) is 6.33. The third-order valence-corrected chi connectivity index (χ3v) is 4.23. The van der Waals surface area contributed by atoms with Crippen LogP contribution in [0.1, 0.15) is 38.5 Å². The molecular formula is C15H18Cl2N2O2. The van der Waals surface area contributed by atoms with Crippen LogP contribution in [0, 0.1) is 0 Å². The Balaban J connectivity index is 1.80. The monoisotopic (exact) mass is 328 g/mol. The number of carbonyl (C=O) groups excluding carboxylic acids is 2. The molecule has 0 heterocycles. The third kappa shape index (κ3) is 5.21. The minimum Gasteiger partial charge on any atom is -0.353 e. The van der Waals surface area contributed by atoms with Gasteiger partial charge in [0.15, 0.2) is 0 Å². The van der Waals surface area contributed by atoms with E-state index in [1.165, 1.54) is 6.42 Å². The van der Waals surface area contributed by atoms with Gasteiger partial charge in [-0.3, -0.25) is 9.59 Å². The molecule has 1 aromatic rings. The second-order valence-electron chi connectivity index (χ2n) is 5.26. The SMILES string of the molecule is O=C(CC(=O)NC1CCCCC1)Nc1ccc(Cl)c(Cl)c1. The Labute approximate surface area is 134 Å². The highest BCUT2D eigenvalue weighted by Crippen LogP contribution is 2.25. The van der Waals surface area contributed by atoms with E-state index in [9.17, 15) is 9.59 Å². The number of halogens is 2. The number of benzene rings is 1. The molecule has 1 aromatic carbocycles. The highest BCUT2D eigenvalue weighted by molar-refractivity contribution is 6.42. The molecule has 6 heteroatoms. The summed E-state index contributed by atoms with van der Waals surface area (Å²) < 4.78 is 0. The summed E-state index contributed by atoms with van der Waals surface area (Å²) in [7, 11) is 0. The Bertz CT molecular complexity index is 528. The van der Waals surface area contributed by atoms with Gasteiger partial charge in [0.2, 0.25) is 11.8 Å². The Kier molecular flexibility index (Phi) is 5.88. The second-order valence-corrected chi connectivity index (χ2v) is 6.07. The zero-order valence-electron chi connectivity index (χ0n) is 11.6. The lowest BCUT2D eigenvalue weighted by Crippen LogP contribution is -2.37. The molecular weight excluding hydrogens is 311 g/mol. The van der Waals surface area contributed by atoms with E-state index in [2.05, 4.69) is 10.6 Å². The fraction of sp³-hybridized carbons (Fsp3) is 0.467. The van der Waals surface area contributed by atoms with Crippen LogP contribution in [0.3, 0.4) is 0 Å². The lowest BCUT2D eigenvalue weighted by atomic mass is 9.95. The van der Waals surface area contributed by atoms with Crippen LogP contribution in [0.4, 0.5) is 5.69 Å². The van der Waals surface area contributed by atoms with Gasteiger partial charge >= 0.3 is 0 Å². The summed E-state index contributed by atoms with van der Waals surface area (Å²) in [5.74, 6) is -0.596. The quantitative estimate of drug-likeness (QED) is 0.826. The van der Waals surface area contributed by atoms with Crippen molar-refractivity contribution in [2.45, 2.75) is 44.6 Å². The van der Waals surface area contributed by atoms with Crippen LogP contribution in [-0.4, -0.2) is 17.9 Å². The molecule has 1 aliphatic carbocycles. The second kappa shape index (κ2) is 7.66. The average molecular weight is 329 g/mol. The fourth-order valence-electron chi connectivity index (χ4n) is 2.45. The summed E-state index contributed by atoms with van der Waals surface area (Å²) in [6.07, 6.45) is 5.32. The van der Waals surface area contributed by atoms with E-state index in [-0.39, 0.29) is 24.3 Å². The van der Waals surface area contributed by atoms with Gasteiger partial charge in [-0.1, -0.05) is 42.5 Å². The molecule has 2 N–H and O–H groups in total. The number of carbonyl (C=O) groups is 2. The van der Waals surface area contributed by atoms with Crippen molar-refractivity contribution in [1.29, 1.82) is 0 Å². The zero-order valence-corrected chi connectivity index (χ0v) is 13.1. The van der Waals surface area contributed by atoms with Crippen molar-refractivity contribution < 1.29 is 9.59 Å². The molecule has 1 saturated carbocycles. The Hall–Kier alpha value is -1.26. The fourth-order valence-corrected chi connectivity index (χ4v) is 2.75. The molecule has 21 heavy (non-hydrogen) atoms. The van der Waals surface area contributed by atoms with Gasteiger partial charge in [0.25, 0.3) is 0 Å². The Morgan fingerprint density at radius 2 is 1.76 bits per heavy atom. The minimum absolute atomic E-state index is 0.184. The maximum atomic E-state index is 11.8. The summed E-state index contributed by atoms with van der Waals surface area (Å²) in [4.78, 5) is 23.6. The molecule has 0 spiro atoms. The molecule has 114 valence electrons. The summed E-state index contributed by atoms with van der Waals surface area (Å²) in [6.45, 7) is 0. The van der Waals surface area contributed by atoms with Gasteiger partial charge in [0, 0.05) is 11.7 Å². The van der Waals surface area contributed by atoms with Crippen LogP contribution in [0.15, 0.2) is 18.2 Å². The largest absolute Gasteiger partial charge is 0.353 e. The predicted molar refractivity (Wildman–Crippen MR) is 84.7 cm³/mol. The molecule has 0 radical (unpaired) electrons. The lowest BCUT2D eigenvalue weighted by Gasteiger charge is -2.22. The molecule has 2 rings (SSSR count). The van der Waals surface area contributed by atoms with Crippen molar-refractivity contribution in [3.05, 3.63) is 28.2 Å². The molecule has 0 unspecified atom stereocenters. The smallest absolute Gasteiger partial charge is 0.233 e. The van der Waals surface area contributed by atoms with Crippen LogP contribution in [-0.2, 0) is 9.59 Å². The van der Waals surface area contributed by atoms with Crippen LogP contribution < -0.4 is 10.6 Å². The first kappa shape index (κ1) is 16.1. The average Bonchev–Trinajstić information content (AvgIpc) is 2.43. The first-order valence-electron chi connectivity index (χ1n) is 7.09. The summed E-state index contributed by atoms with van der Waals surface area (Å²) in [6, 6.07) is 5.01. The number of hydrogen-bond acceptors (Lipinski definition) is 2. The van der Waals surface area contributed by atoms with Gasteiger partial charge in [0.1, 0.15) is 6.42 Å². The predicted octanol–water partition coefficient (Wildman–Crippen LogP) is 3.77. The van der Waals surface area contributed by atoms with Crippen LogP contribution in [0.25, 0.3) is 0 Å². The Morgan fingerprint density at radius 3 is 2.43 bits per heavy atom. The normalized spacial score (nSPS) is 15.5. The number of nitrogens with one attached hydrogen (secondary N) is 2. The molecule has 0 aliphatic heterocycles. The highest BCUT2D eigenvalue weighted by atomic mass is 35.5. The van der Waals surface area contributed by atoms with E-state index in [4.69, 9.17) is 23.2 Å². The third-order valence-electron chi connectivity index (χ3n) is 3.49. The van der Waals surface area contributed by atoms with E-state index in [0.29, 0.717) is 15.7 Å². The van der Waals surface area contributed by atoms with Crippen molar-refractivity contribution in [2.24, 2.45) is 0 Å². The van der Waals surface area contributed by atoms with Crippen molar-refractivity contribution in [3.8, 4) is 0 Å². The number of rotatable bonds is 4. The van der Waals surface area contributed by atoms with Gasteiger partial charge in [-0.2, -0.15) is 0 Å². The maximum absolute atomic E-state index is 11.8. The molecule has 0 atom stereocenters. The standard InChI is InChI=1S/C15H18Cl2N2O2/c16-12-7-6-11(8-13(12)17)19-15(21)9-14(20)18-10-4-2-1-3-5-10/h6-8,10H,1-5,9H2,(H,18,20)(H,19,21). The molecule has 1 fully saturated rings. The van der Waals surface area contributed by atoms with Crippen LogP contribution in [0.5, 0.6) is 0 Å². The van der Waals surface area contributed by atoms with E-state index in [1.807, 2.05) is 0 Å². The maximum Gasteiger partial charge on any atom is 0.233 e. The van der Waals surface area contributed by atoms with Gasteiger partial charge in [-0.25, -0.2) is 0 Å². The number of anilines is 1. The van der Waals surface area contributed by atoms with Crippen molar-refractivity contribution >= 4 is 40.7 Å². The van der Waals surface area contributed by atoms with E-state index in [1.54, 1.807) is 18.2 Å². The topological polar surface area (TPSA) is 58.2 Å². The minimum atomic E-state index is -0.360.